The summed E-state index contributed by atoms with van der Waals surface area (Å²) in [5.41, 5.74) is 1.22. The highest BCUT2D eigenvalue weighted by Crippen LogP contribution is 2.12. The van der Waals surface area contributed by atoms with Crippen LogP contribution >= 0.6 is 0 Å². The van der Waals surface area contributed by atoms with Gasteiger partial charge in [0.15, 0.2) is 0 Å². The molecule has 1 aliphatic rings. The number of likely N-dealkylation sites (tertiary alicyclic amines) is 1. The number of rotatable bonds is 4. The molecule has 0 aliphatic carbocycles. The first-order valence-corrected chi connectivity index (χ1v) is 6.77. The maximum absolute atomic E-state index is 11.8. The molecule has 2 rings (SSSR count). The number of hydrogen-bond donors (Lipinski definition) is 1. The molecule has 1 heterocycles. The van der Waals surface area contributed by atoms with E-state index < -0.39 is 0 Å². The minimum absolute atomic E-state index is 0.118. The summed E-state index contributed by atoms with van der Waals surface area (Å²) in [5.74, 6) is 0.0236. The summed E-state index contributed by atoms with van der Waals surface area (Å²) in [7, 11) is 0. The molecule has 5 nitrogen and oxygen atoms in total. The number of nitrogens with one attached hydrogen (secondary N) is 1. The molecule has 104 valence electrons. The van der Waals surface area contributed by atoms with E-state index in [4.69, 9.17) is 5.26 Å². The summed E-state index contributed by atoms with van der Waals surface area (Å²) < 4.78 is 0. The van der Waals surface area contributed by atoms with Crippen molar-refractivity contribution in [3.63, 3.8) is 0 Å². The van der Waals surface area contributed by atoms with Gasteiger partial charge in [0.05, 0.1) is 11.6 Å². The Bertz CT molecular complexity index is 531. The molecular weight excluding hydrogens is 254 g/mol. The molecule has 20 heavy (non-hydrogen) atoms. The van der Waals surface area contributed by atoms with Crippen molar-refractivity contribution in [2.24, 2.45) is 0 Å². The molecule has 1 saturated heterocycles. The summed E-state index contributed by atoms with van der Waals surface area (Å²) in [6.45, 7) is 1.23. The Labute approximate surface area is 118 Å². The zero-order valence-corrected chi connectivity index (χ0v) is 11.3. The number of benzene rings is 1. The Morgan fingerprint density at radius 1 is 1.30 bits per heavy atom. The van der Waals surface area contributed by atoms with Gasteiger partial charge >= 0.3 is 0 Å². The molecule has 0 radical (unpaired) electrons. The molecule has 2 amide bonds. The van der Waals surface area contributed by atoms with Crippen molar-refractivity contribution in [2.45, 2.75) is 25.7 Å². The van der Waals surface area contributed by atoms with Crippen LogP contribution in [0.5, 0.6) is 0 Å². The lowest BCUT2D eigenvalue weighted by molar-refractivity contribution is -0.133. The Morgan fingerprint density at radius 2 is 2.05 bits per heavy atom. The average Bonchev–Trinajstić information content (AvgIpc) is 2.47. The standard InChI is InChI=1S/C15H17N3O2/c16-11-12-4-6-13(7-5-12)17-14(19)8-10-18-9-2-1-3-15(18)20/h4-7H,1-3,8-10H2,(H,17,19). The molecule has 0 bridgehead atoms. The van der Waals surface area contributed by atoms with Gasteiger partial charge in [0, 0.05) is 31.6 Å². The lowest BCUT2D eigenvalue weighted by atomic mass is 10.1. The van der Waals surface area contributed by atoms with Crippen molar-refractivity contribution in [3.05, 3.63) is 29.8 Å². The minimum Gasteiger partial charge on any atom is -0.342 e. The second-order valence-corrected chi connectivity index (χ2v) is 4.83. The first kappa shape index (κ1) is 14.1. The van der Waals surface area contributed by atoms with Crippen LogP contribution in [0.1, 0.15) is 31.2 Å². The monoisotopic (exact) mass is 271 g/mol. The summed E-state index contributed by atoms with van der Waals surface area (Å²) in [4.78, 5) is 25.2. The fraction of sp³-hybridized carbons (Fsp3) is 0.400. The zero-order valence-electron chi connectivity index (χ0n) is 11.3. The van der Waals surface area contributed by atoms with Crippen molar-refractivity contribution < 1.29 is 9.59 Å². The lowest BCUT2D eigenvalue weighted by Crippen LogP contribution is -2.37. The maximum Gasteiger partial charge on any atom is 0.226 e. The van der Waals surface area contributed by atoms with E-state index in [2.05, 4.69) is 5.32 Å². The first-order chi connectivity index (χ1) is 9.69. The third kappa shape index (κ3) is 3.82. The second kappa shape index (κ2) is 6.71. The normalized spacial score (nSPS) is 14.8. The highest BCUT2D eigenvalue weighted by Gasteiger charge is 2.18. The predicted molar refractivity (Wildman–Crippen MR) is 74.8 cm³/mol. The van der Waals surface area contributed by atoms with E-state index in [0.29, 0.717) is 30.6 Å². The Hall–Kier alpha value is -2.35. The van der Waals surface area contributed by atoms with Gasteiger partial charge in [-0.15, -0.1) is 0 Å². The first-order valence-electron chi connectivity index (χ1n) is 6.77. The van der Waals surface area contributed by atoms with Gasteiger partial charge in [0.25, 0.3) is 0 Å². The Balaban J connectivity index is 1.80. The minimum atomic E-state index is -0.118. The summed E-state index contributed by atoms with van der Waals surface area (Å²) in [5, 5.41) is 11.5. The topological polar surface area (TPSA) is 73.2 Å². The van der Waals surface area contributed by atoms with Crippen molar-refractivity contribution in [1.82, 2.24) is 4.90 Å². The molecule has 1 fully saturated rings. The number of hydrogen-bond acceptors (Lipinski definition) is 3. The van der Waals surface area contributed by atoms with E-state index in [1.807, 2.05) is 6.07 Å². The van der Waals surface area contributed by atoms with E-state index in [9.17, 15) is 9.59 Å². The summed E-state index contributed by atoms with van der Waals surface area (Å²) in [6.07, 6.45) is 2.86. The molecule has 1 aromatic rings. The van der Waals surface area contributed by atoms with Crippen molar-refractivity contribution >= 4 is 17.5 Å². The fourth-order valence-electron chi connectivity index (χ4n) is 2.19. The van der Waals surface area contributed by atoms with Crippen LogP contribution in [-0.4, -0.2) is 29.8 Å². The zero-order chi connectivity index (χ0) is 14.4. The number of nitriles is 1. The van der Waals surface area contributed by atoms with Crippen LogP contribution in [0.3, 0.4) is 0 Å². The molecule has 1 aliphatic heterocycles. The van der Waals surface area contributed by atoms with Crippen LogP contribution in [0.4, 0.5) is 5.69 Å². The van der Waals surface area contributed by atoms with Gasteiger partial charge in [-0.25, -0.2) is 0 Å². The van der Waals surface area contributed by atoms with Crippen LogP contribution in [0.25, 0.3) is 0 Å². The number of carbonyl (C=O) groups is 2. The fourth-order valence-corrected chi connectivity index (χ4v) is 2.19. The molecule has 0 unspecified atom stereocenters. The van der Waals surface area contributed by atoms with Crippen LogP contribution in [0.15, 0.2) is 24.3 Å². The number of anilines is 1. The Kier molecular flexibility index (Phi) is 4.72. The van der Waals surface area contributed by atoms with Crippen molar-refractivity contribution in [3.8, 4) is 6.07 Å². The van der Waals surface area contributed by atoms with Gasteiger partial charge < -0.3 is 10.2 Å². The molecule has 1 aromatic carbocycles. The van der Waals surface area contributed by atoms with Crippen molar-refractivity contribution in [1.29, 1.82) is 5.26 Å². The van der Waals surface area contributed by atoms with Crippen LogP contribution in [0, 0.1) is 11.3 Å². The van der Waals surface area contributed by atoms with E-state index in [0.717, 1.165) is 19.4 Å². The smallest absolute Gasteiger partial charge is 0.226 e. The molecule has 0 spiro atoms. The van der Waals surface area contributed by atoms with Crippen LogP contribution in [-0.2, 0) is 9.59 Å². The van der Waals surface area contributed by atoms with Gasteiger partial charge in [0.1, 0.15) is 0 Å². The van der Waals surface area contributed by atoms with Crippen LogP contribution in [0.2, 0.25) is 0 Å². The number of nitrogens with zero attached hydrogens (tertiary/aromatic N) is 2. The third-order valence-electron chi connectivity index (χ3n) is 3.33. The van der Waals surface area contributed by atoms with Gasteiger partial charge in [-0.05, 0) is 37.1 Å². The average molecular weight is 271 g/mol. The highest BCUT2D eigenvalue weighted by molar-refractivity contribution is 5.91. The molecule has 0 saturated carbocycles. The molecule has 0 aromatic heterocycles. The van der Waals surface area contributed by atoms with E-state index >= 15 is 0 Å². The number of carbonyl (C=O) groups excluding carboxylic acids is 2. The molecule has 0 atom stereocenters. The molecule has 5 heteroatoms. The Morgan fingerprint density at radius 3 is 2.70 bits per heavy atom. The van der Waals surface area contributed by atoms with Crippen molar-refractivity contribution in [2.75, 3.05) is 18.4 Å². The van der Waals surface area contributed by atoms with Gasteiger partial charge in [-0.2, -0.15) is 5.26 Å². The molecular formula is C15H17N3O2. The summed E-state index contributed by atoms with van der Waals surface area (Å²) >= 11 is 0. The SMILES string of the molecule is N#Cc1ccc(NC(=O)CCN2CCCCC2=O)cc1. The van der Waals surface area contributed by atoms with E-state index in [-0.39, 0.29) is 11.8 Å². The van der Waals surface area contributed by atoms with Crippen LogP contribution < -0.4 is 5.32 Å². The number of amides is 2. The van der Waals surface area contributed by atoms with Gasteiger partial charge in [-0.3, -0.25) is 9.59 Å². The second-order valence-electron chi connectivity index (χ2n) is 4.83. The van der Waals surface area contributed by atoms with E-state index in [1.54, 1.807) is 29.2 Å². The van der Waals surface area contributed by atoms with Gasteiger partial charge in [0.2, 0.25) is 11.8 Å². The third-order valence-corrected chi connectivity index (χ3v) is 3.33. The maximum atomic E-state index is 11.8. The predicted octanol–water partition coefficient (Wildman–Crippen LogP) is 1.90. The van der Waals surface area contributed by atoms with E-state index in [1.165, 1.54) is 0 Å². The quantitative estimate of drug-likeness (QED) is 0.909. The summed E-state index contributed by atoms with van der Waals surface area (Å²) in [6, 6.07) is 8.73. The largest absolute Gasteiger partial charge is 0.342 e. The highest BCUT2D eigenvalue weighted by atomic mass is 16.2. The lowest BCUT2D eigenvalue weighted by Gasteiger charge is -2.26. The molecule has 1 N–H and O–H groups in total. The van der Waals surface area contributed by atoms with Gasteiger partial charge in [-0.1, -0.05) is 0 Å². The number of piperidine rings is 1.